The topological polar surface area (TPSA) is 93.9 Å². The van der Waals surface area contributed by atoms with Crippen LogP contribution in [0.2, 0.25) is 5.02 Å². The van der Waals surface area contributed by atoms with Gasteiger partial charge in [-0.1, -0.05) is 11.6 Å². The molecule has 0 spiro atoms. The van der Waals surface area contributed by atoms with Gasteiger partial charge in [0.1, 0.15) is 12.3 Å². The minimum atomic E-state index is -0.466. The molecule has 0 radical (unpaired) electrons. The van der Waals surface area contributed by atoms with Crippen LogP contribution >= 0.6 is 23.8 Å². The van der Waals surface area contributed by atoms with Gasteiger partial charge in [0.15, 0.2) is 16.6 Å². The normalized spacial score (nSPS) is 14.9. The number of non-ortho nitro benzene ring substituents is 1. The fourth-order valence-corrected chi connectivity index (χ4v) is 3.09. The zero-order chi connectivity index (χ0) is 21.1. The summed E-state index contributed by atoms with van der Waals surface area (Å²) in [6.07, 6.45) is 1.62. The van der Waals surface area contributed by atoms with Gasteiger partial charge in [-0.3, -0.25) is 19.8 Å². The first-order chi connectivity index (χ1) is 13.8. The summed E-state index contributed by atoms with van der Waals surface area (Å²) >= 11 is 11.4. The van der Waals surface area contributed by atoms with Gasteiger partial charge >= 0.3 is 0 Å². The summed E-state index contributed by atoms with van der Waals surface area (Å²) in [5.74, 6) is 0.462. The van der Waals surface area contributed by atoms with Crippen molar-refractivity contribution in [3.8, 4) is 11.5 Å². The van der Waals surface area contributed by atoms with Gasteiger partial charge in [-0.15, -0.1) is 0 Å². The van der Waals surface area contributed by atoms with Crippen LogP contribution in [0.4, 0.5) is 5.69 Å². The number of benzene rings is 2. The van der Waals surface area contributed by atoms with Crippen molar-refractivity contribution in [1.29, 1.82) is 0 Å². The number of nitrogens with one attached hydrogen (secondary N) is 1. The van der Waals surface area contributed by atoms with E-state index in [9.17, 15) is 14.9 Å². The Kier molecular flexibility index (Phi) is 6.00. The van der Waals surface area contributed by atoms with Gasteiger partial charge in [0.05, 0.1) is 17.1 Å². The number of nitrogens with zero attached hydrogens (tertiary/aromatic N) is 2. The molecule has 1 N–H and O–H groups in total. The summed E-state index contributed by atoms with van der Waals surface area (Å²) in [4.78, 5) is 23.7. The third-order valence-corrected chi connectivity index (χ3v) is 4.83. The predicted molar refractivity (Wildman–Crippen MR) is 112 cm³/mol. The third kappa shape index (κ3) is 4.47. The molecule has 0 bridgehead atoms. The van der Waals surface area contributed by atoms with Crippen molar-refractivity contribution in [3.63, 3.8) is 0 Å². The molecule has 0 saturated carbocycles. The van der Waals surface area contributed by atoms with Crippen molar-refractivity contribution in [2.24, 2.45) is 0 Å². The Hall–Kier alpha value is -3.17. The van der Waals surface area contributed by atoms with Gasteiger partial charge in [-0.05, 0) is 53.7 Å². The standard InChI is InChI=1S/C19H16ClN3O5S/c1-22-18(24)15(21-19(22)29)8-12-7-14(20)17(16(9-12)27-2)28-10-11-3-5-13(6-4-11)23(25)26/h3-9H,10H2,1-2H3,(H,21,29). The average molecular weight is 434 g/mol. The Bertz CT molecular complexity index is 1020. The van der Waals surface area contributed by atoms with E-state index in [-0.39, 0.29) is 18.2 Å². The average Bonchev–Trinajstić information content (AvgIpc) is 2.93. The number of rotatable bonds is 6. The maximum absolute atomic E-state index is 12.1. The second-order valence-corrected chi connectivity index (χ2v) is 6.89. The van der Waals surface area contributed by atoms with Crippen molar-refractivity contribution < 1.29 is 19.2 Å². The van der Waals surface area contributed by atoms with Crippen molar-refractivity contribution in [1.82, 2.24) is 10.2 Å². The summed E-state index contributed by atoms with van der Waals surface area (Å²) in [6.45, 7) is 0.146. The zero-order valence-electron chi connectivity index (χ0n) is 15.5. The first-order valence-electron chi connectivity index (χ1n) is 8.34. The van der Waals surface area contributed by atoms with E-state index in [4.69, 9.17) is 33.3 Å². The van der Waals surface area contributed by atoms with E-state index in [2.05, 4.69) is 5.32 Å². The van der Waals surface area contributed by atoms with Crippen LogP contribution in [-0.2, 0) is 11.4 Å². The number of methoxy groups -OCH3 is 1. The lowest BCUT2D eigenvalue weighted by molar-refractivity contribution is -0.384. The van der Waals surface area contributed by atoms with Crippen LogP contribution < -0.4 is 14.8 Å². The lowest BCUT2D eigenvalue weighted by Crippen LogP contribution is -2.25. The van der Waals surface area contributed by atoms with Crippen LogP contribution in [0, 0.1) is 10.1 Å². The molecule has 29 heavy (non-hydrogen) atoms. The molecule has 2 aromatic carbocycles. The maximum Gasteiger partial charge on any atom is 0.276 e. The number of ether oxygens (including phenoxy) is 2. The number of nitro benzene ring substituents is 1. The molecule has 0 atom stereocenters. The van der Waals surface area contributed by atoms with Gasteiger partial charge in [-0.2, -0.15) is 0 Å². The molecule has 0 aliphatic carbocycles. The number of amides is 1. The number of nitro groups is 1. The zero-order valence-corrected chi connectivity index (χ0v) is 17.0. The second-order valence-electron chi connectivity index (χ2n) is 6.10. The summed E-state index contributed by atoms with van der Waals surface area (Å²) < 4.78 is 11.1. The van der Waals surface area contributed by atoms with E-state index in [1.165, 1.54) is 24.1 Å². The molecule has 1 fully saturated rings. The van der Waals surface area contributed by atoms with Crippen molar-refractivity contribution in [3.05, 3.63) is 68.4 Å². The number of halogens is 1. The predicted octanol–water partition coefficient (Wildman–Crippen LogP) is 3.52. The first kappa shape index (κ1) is 20.6. The number of thiocarbonyl (C=S) groups is 1. The van der Waals surface area contributed by atoms with Gasteiger partial charge in [0.25, 0.3) is 11.6 Å². The van der Waals surface area contributed by atoms with E-state index >= 15 is 0 Å². The molecule has 1 saturated heterocycles. The Balaban J connectivity index is 1.81. The van der Waals surface area contributed by atoms with Crippen LogP contribution in [0.5, 0.6) is 11.5 Å². The van der Waals surface area contributed by atoms with Crippen molar-refractivity contribution in [2.75, 3.05) is 14.2 Å². The van der Waals surface area contributed by atoms with Crippen LogP contribution in [0.25, 0.3) is 6.08 Å². The monoisotopic (exact) mass is 433 g/mol. The molecule has 2 aromatic rings. The number of carbonyl (C=O) groups excluding carboxylic acids is 1. The Morgan fingerprint density at radius 3 is 2.55 bits per heavy atom. The molecule has 8 nitrogen and oxygen atoms in total. The molecule has 1 heterocycles. The van der Waals surface area contributed by atoms with Gasteiger partial charge < -0.3 is 14.8 Å². The lowest BCUT2D eigenvalue weighted by atomic mass is 10.1. The summed E-state index contributed by atoms with van der Waals surface area (Å²) in [6, 6.07) is 9.33. The smallest absolute Gasteiger partial charge is 0.276 e. The highest BCUT2D eigenvalue weighted by molar-refractivity contribution is 7.80. The highest BCUT2D eigenvalue weighted by atomic mass is 35.5. The number of likely N-dealkylation sites (N-methyl/N-ethyl adjacent to an activating group) is 1. The summed E-state index contributed by atoms with van der Waals surface area (Å²) in [5, 5.41) is 14.2. The first-order valence-corrected chi connectivity index (χ1v) is 9.13. The summed E-state index contributed by atoms with van der Waals surface area (Å²) in [5.41, 5.74) is 1.69. The van der Waals surface area contributed by atoms with E-state index in [0.717, 1.165) is 5.56 Å². The largest absolute Gasteiger partial charge is 0.493 e. The Morgan fingerprint density at radius 1 is 1.31 bits per heavy atom. The third-order valence-electron chi connectivity index (χ3n) is 4.17. The quantitative estimate of drug-likeness (QED) is 0.322. The molecular formula is C19H16ClN3O5S. The van der Waals surface area contributed by atoms with E-state index in [1.54, 1.807) is 37.4 Å². The van der Waals surface area contributed by atoms with Crippen LogP contribution in [0.3, 0.4) is 0 Å². The minimum absolute atomic E-state index is 0.00180. The molecule has 150 valence electrons. The van der Waals surface area contributed by atoms with Gasteiger partial charge in [0.2, 0.25) is 0 Å². The molecule has 0 unspecified atom stereocenters. The van der Waals surface area contributed by atoms with E-state index < -0.39 is 4.92 Å². The second kappa shape index (κ2) is 8.46. The van der Waals surface area contributed by atoms with Crippen LogP contribution in [0.1, 0.15) is 11.1 Å². The Labute approximate surface area is 176 Å². The molecular weight excluding hydrogens is 418 g/mol. The molecule has 0 aromatic heterocycles. The molecule has 10 heteroatoms. The van der Waals surface area contributed by atoms with Crippen LogP contribution in [-0.4, -0.2) is 35.0 Å². The SMILES string of the molecule is COc1cc(C=C2NC(=S)N(C)C2=O)cc(Cl)c1OCc1ccc([N+](=O)[O-])cc1. The fraction of sp³-hybridized carbons (Fsp3) is 0.158. The molecule has 1 amide bonds. The van der Waals surface area contributed by atoms with Gasteiger partial charge in [0, 0.05) is 19.2 Å². The van der Waals surface area contributed by atoms with Crippen molar-refractivity contribution in [2.45, 2.75) is 6.61 Å². The highest BCUT2D eigenvalue weighted by Gasteiger charge is 2.27. The number of hydrogen-bond acceptors (Lipinski definition) is 6. The highest BCUT2D eigenvalue weighted by Crippen LogP contribution is 2.37. The molecule has 3 rings (SSSR count). The molecule has 1 aliphatic heterocycles. The fourth-order valence-electron chi connectivity index (χ4n) is 2.62. The summed E-state index contributed by atoms with van der Waals surface area (Å²) in [7, 11) is 3.06. The Morgan fingerprint density at radius 2 is 2.00 bits per heavy atom. The van der Waals surface area contributed by atoms with Crippen molar-refractivity contribution >= 4 is 46.6 Å². The van der Waals surface area contributed by atoms with E-state index in [1.807, 2.05) is 0 Å². The van der Waals surface area contributed by atoms with E-state index in [0.29, 0.717) is 32.9 Å². The molecule has 1 aliphatic rings. The number of carbonyl (C=O) groups is 1. The maximum atomic E-state index is 12.1. The van der Waals surface area contributed by atoms with Crippen LogP contribution in [0.15, 0.2) is 42.1 Å². The number of hydrogen-bond donors (Lipinski definition) is 1. The lowest BCUT2D eigenvalue weighted by Gasteiger charge is -2.13. The minimum Gasteiger partial charge on any atom is -0.493 e. The van der Waals surface area contributed by atoms with Gasteiger partial charge in [-0.25, -0.2) is 0 Å².